The van der Waals surface area contributed by atoms with Crippen LogP contribution in [0.4, 0.5) is 10.5 Å². The SMILES string of the molecule is O=C(Cl)Nc1csc2ccccc12. The molecule has 0 unspecified atom stereocenters. The Bertz CT molecular complexity index is 452. The van der Waals surface area contributed by atoms with E-state index in [1.165, 1.54) is 0 Å². The van der Waals surface area contributed by atoms with Crippen LogP contribution in [0.5, 0.6) is 0 Å². The molecule has 1 N–H and O–H groups in total. The largest absolute Gasteiger partial charge is 0.318 e. The van der Waals surface area contributed by atoms with Gasteiger partial charge in [0.15, 0.2) is 0 Å². The molecule has 0 aliphatic rings. The lowest BCUT2D eigenvalue weighted by Gasteiger charge is -1.96. The van der Waals surface area contributed by atoms with E-state index in [0.717, 1.165) is 15.8 Å². The first-order valence-electron chi connectivity index (χ1n) is 3.70. The molecule has 0 spiro atoms. The van der Waals surface area contributed by atoms with Gasteiger partial charge in [-0.3, -0.25) is 4.79 Å². The first-order valence-corrected chi connectivity index (χ1v) is 4.96. The van der Waals surface area contributed by atoms with Gasteiger partial charge in [-0.1, -0.05) is 18.2 Å². The molecular formula is C9H6ClNOS. The van der Waals surface area contributed by atoms with Gasteiger partial charge in [0.25, 0.3) is 0 Å². The van der Waals surface area contributed by atoms with Crippen molar-refractivity contribution < 1.29 is 4.79 Å². The molecule has 0 saturated carbocycles. The van der Waals surface area contributed by atoms with Gasteiger partial charge in [-0.05, 0) is 17.7 Å². The first-order chi connectivity index (χ1) is 6.27. The van der Waals surface area contributed by atoms with Gasteiger partial charge in [-0.2, -0.15) is 0 Å². The van der Waals surface area contributed by atoms with Gasteiger partial charge in [0.05, 0.1) is 5.69 Å². The Morgan fingerprint density at radius 1 is 1.38 bits per heavy atom. The van der Waals surface area contributed by atoms with Crippen molar-refractivity contribution in [3.8, 4) is 0 Å². The molecule has 1 amide bonds. The zero-order valence-electron chi connectivity index (χ0n) is 6.58. The summed E-state index contributed by atoms with van der Waals surface area (Å²) in [7, 11) is 0. The minimum absolute atomic E-state index is 0.552. The highest BCUT2D eigenvalue weighted by Gasteiger charge is 2.04. The molecule has 2 nitrogen and oxygen atoms in total. The van der Waals surface area contributed by atoms with Gasteiger partial charge >= 0.3 is 5.37 Å². The lowest BCUT2D eigenvalue weighted by Crippen LogP contribution is -1.99. The summed E-state index contributed by atoms with van der Waals surface area (Å²) in [4.78, 5) is 10.6. The third kappa shape index (κ3) is 1.66. The number of hydrogen-bond donors (Lipinski definition) is 1. The number of anilines is 1. The topological polar surface area (TPSA) is 29.1 Å². The fourth-order valence-electron chi connectivity index (χ4n) is 1.18. The Kier molecular flexibility index (Phi) is 2.20. The minimum Gasteiger partial charge on any atom is -0.311 e. The summed E-state index contributed by atoms with van der Waals surface area (Å²) < 4.78 is 1.14. The molecule has 0 atom stereocenters. The van der Waals surface area contributed by atoms with Crippen LogP contribution in [0.15, 0.2) is 29.6 Å². The number of nitrogens with one attached hydrogen (secondary N) is 1. The summed E-state index contributed by atoms with van der Waals surface area (Å²) in [5.41, 5.74) is 0.778. The summed E-state index contributed by atoms with van der Waals surface area (Å²) in [6, 6.07) is 7.85. The molecular weight excluding hydrogens is 206 g/mol. The molecule has 0 radical (unpaired) electrons. The molecule has 1 heterocycles. The minimum atomic E-state index is -0.552. The fraction of sp³-hybridized carbons (Fsp3) is 0. The van der Waals surface area contributed by atoms with Crippen LogP contribution in [0.3, 0.4) is 0 Å². The van der Waals surface area contributed by atoms with E-state index in [-0.39, 0.29) is 0 Å². The van der Waals surface area contributed by atoms with E-state index in [1.807, 2.05) is 29.6 Å². The van der Waals surface area contributed by atoms with E-state index < -0.39 is 5.37 Å². The van der Waals surface area contributed by atoms with Gasteiger partial charge in [-0.15, -0.1) is 11.3 Å². The van der Waals surface area contributed by atoms with Gasteiger partial charge in [0.2, 0.25) is 0 Å². The van der Waals surface area contributed by atoms with Crippen LogP contribution < -0.4 is 5.32 Å². The van der Waals surface area contributed by atoms with Crippen LogP contribution in [0.25, 0.3) is 10.1 Å². The van der Waals surface area contributed by atoms with Crippen molar-refractivity contribution in [2.45, 2.75) is 0 Å². The third-order valence-electron chi connectivity index (χ3n) is 1.71. The molecule has 66 valence electrons. The van der Waals surface area contributed by atoms with Crippen molar-refractivity contribution in [3.63, 3.8) is 0 Å². The highest BCUT2D eigenvalue weighted by Crippen LogP contribution is 2.29. The summed E-state index contributed by atoms with van der Waals surface area (Å²) in [5.74, 6) is 0. The van der Waals surface area contributed by atoms with Crippen molar-refractivity contribution in [2.75, 3.05) is 5.32 Å². The normalized spacial score (nSPS) is 10.2. The number of carbonyl (C=O) groups is 1. The summed E-state index contributed by atoms with van der Waals surface area (Å²) >= 11 is 6.81. The maximum absolute atomic E-state index is 10.6. The van der Waals surface area contributed by atoms with Gasteiger partial charge in [0, 0.05) is 15.5 Å². The quantitative estimate of drug-likeness (QED) is 0.566. The van der Waals surface area contributed by atoms with E-state index >= 15 is 0 Å². The second-order valence-electron chi connectivity index (χ2n) is 2.54. The molecule has 1 aromatic heterocycles. The van der Waals surface area contributed by atoms with Crippen molar-refractivity contribution in [1.82, 2.24) is 0 Å². The molecule has 1 aromatic carbocycles. The number of halogens is 1. The van der Waals surface area contributed by atoms with Crippen molar-refractivity contribution in [2.24, 2.45) is 0 Å². The maximum atomic E-state index is 10.6. The Balaban J connectivity index is 2.51. The fourth-order valence-corrected chi connectivity index (χ4v) is 2.18. The number of rotatable bonds is 1. The summed E-state index contributed by atoms with van der Waals surface area (Å²) in [6.45, 7) is 0. The van der Waals surface area contributed by atoms with Crippen molar-refractivity contribution in [3.05, 3.63) is 29.6 Å². The lowest BCUT2D eigenvalue weighted by molar-refractivity contribution is 0.269. The van der Waals surface area contributed by atoms with E-state index in [2.05, 4.69) is 5.32 Å². The monoisotopic (exact) mass is 211 g/mol. The highest BCUT2D eigenvalue weighted by atomic mass is 35.5. The molecule has 2 aromatic rings. The van der Waals surface area contributed by atoms with Crippen molar-refractivity contribution >= 4 is 44.1 Å². The van der Waals surface area contributed by atoms with E-state index in [4.69, 9.17) is 11.6 Å². The smallest absolute Gasteiger partial charge is 0.311 e. The van der Waals surface area contributed by atoms with E-state index in [0.29, 0.717) is 0 Å². The number of fused-ring (bicyclic) bond motifs is 1. The van der Waals surface area contributed by atoms with Crippen molar-refractivity contribution in [1.29, 1.82) is 0 Å². The second kappa shape index (κ2) is 3.36. The Morgan fingerprint density at radius 2 is 2.15 bits per heavy atom. The standard InChI is InChI=1S/C9H6ClNOS/c10-9(12)11-7-5-13-8-4-2-1-3-6(7)8/h1-5H,(H,11,12). The Hall–Kier alpha value is -1.06. The van der Waals surface area contributed by atoms with Crippen LogP contribution in [0.1, 0.15) is 0 Å². The Labute approximate surface area is 84.1 Å². The maximum Gasteiger partial charge on any atom is 0.318 e. The molecule has 0 saturated heterocycles. The van der Waals surface area contributed by atoms with Gasteiger partial charge < -0.3 is 5.32 Å². The first kappa shape index (κ1) is 8.53. The average molecular weight is 212 g/mol. The second-order valence-corrected chi connectivity index (χ2v) is 3.80. The molecule has 0 fully saturated rings. The predicted molar refractivity (Wildman–Crippen MR) is 56.7 cm³/mol. The average Bonchev–Trinajstić information content (AvgIpc) is 2.48. The molecule has 0 aliphatic carbocycles. The number of hydrogen-bond acceptors (Lipinski definition) is 2. The van der Waals surface area contributed by atoms with E-state index in [9.17, 15) is 4.79 Å². The zero-order chi connectivity index (χ0) is 9.26. The molecule has 0 aliphatic heterocycles. The van der Waals surface area contributed by atoms with Gasteiger partial charge in [-0.25, -0.2) is 0 Å². The van der Waals surface area contributed by atoms with Crippen LogP contribution in [-0.4, -0.2) is 5.37 Å². The molecule has 4 heteroatoms. The van der Waals surface area contributed by atoms with Crippen LogP contribution in [-0.2, 0) is 0 Å². The zero-order valence-corrected chi connectivity index (χ0v) is 8.15. The summed E-state index contributed by atoms with van der Waals surface area (Å²) in [5, 5.41) is 4.92. The molecule has 2 rings (SSSR count). The lowest BCUT2D eigenvalue weighted by atomic mass is 10.2. The molecule has 0 bridgehead atoms. The predicted octanol–water partition coefficient (Wildman–Crippen LogP) is 3.67. The number of benzene rings is 1. The number of carbonyl (C=O) groups excluding carboxylic acids is 1. The van der Waals surface area contributed by atoms with Crippen LogP contribution >= 0.6 is 22.9 Å². The van der Waals surface area contributed by atoms with Gasteiger partial charge in [0.1, 0.15) is 0 Å². The third-order valence-corrected chi connectivity index (χ3v) is 2.77. The number of amides is 1. The van der Waals surface area contributed by atoms with E-state index in [1.54, 1.807) is 11.3 Å². The van der Waals surface area contributed by atoms with Crippen LogP contribution in [0, 0.1) is 0 Å². The van der Waals surface area contributed by atoms with Crippen LogP contribution in [0.2, 0.25) is 0 Å². The summed E-state index contributed by atoms with van der Waals surface area (Å²) in [6.07, 6.45) is 0. The molecule has 13 heavy (non-hydrogen) atoms. The highest BCUT2D eigenvalue weighted by molar-refractivity contribution is 7.17. The number of thiophene rings is 1. The Morgan fingerprint density at radius 3 is 2.92 bits per heavy atom.